The molecule has 17 heavy (non-hydrogen) atoms. The molecule has 92 valence electrons. The highest BCUT2D eigenvalue weighted by Crippen LogP contribution is 2.76. The van der Waals surface area contributed by atoms with Crippen LogP contribution in [0, 0.1) is 35.5 Å². The molecule has 2 heterocycles. The summed E-state index contributed by atoms with van der Waals surface area (Å²) in [4.78, 5) is 11.9. The predicted octanol–water partition coefficient (Wildman–Crippen LogP) is 1.61. The van der Waals surface area contributed by atoms with Gasteiger partial charge in [-0.25, -0.2) is 0 Å². The van der Waals surface area contributed by atoms with Crippen LogP contribution in [0.3, 0.4) is 0 Å². The highest BCUT2D eigenvalue weighted by Gasteiger charge is 2.77. The third kappa shape index (κ3) is 0.815. The van der Waals surface area contributed by atoms with Crippen LogP contribution in [-0.4, -0.2) is 24.8 Å². The van der Waals surface area contributed by atoms with Crippen molar-refractivity contribution < 1.29 is 14.3 Å². The van der Waals surface area contributed by atoms with Gasteiger partial charge in [0.1, 0.15) is 0 Å². The summed E-state index contributed by atoms with van der Waals surface area (Å²) < 4.78 is 11.1. The molecule has 4 aliphatic carbocycles. The van der Waals surface area contributed by atoms with Crippen LogP contribution in [0.25, 0.3) is 0 Å². The molecule has 3 heteroatoms. The second-order valence-electron chi connectivity index (χ2n) is 6.92. The highest BCUT2D eigenvalue weighted by atomic mass is 16.5. The molecule has 6 rings (SSSR count). The number of esters is 1. The van der Waals surface area contributed by atoms with Crippen LogP contribution in [0.5, 0.6) is 0 Å². The number of carbonyl (C=O) groups is 1. The second-order valence-corrected chi connectivity index (χ2v) is 6.92. The number of hydrogen-bond donors (Lipinski definition) is 0. The lowest BCUT2D eigenvalue weighted by Crippen LogP contribution is -2.57. The van der Waals surface area contributed by atoms with Crippen LogP contribution >= 0.6 is 0 Å². The van der Waals surface area contributed by atoms with E-state index >= 15 is 0 Å². The van der Waals surface area contributed by atoms with Crippen molar-refractivity contribution in [3.63, 3.8) is 0 Å². The molecule has 0 radical (unpaired) electrons. The summed E-state index contributed by atoms with van der Waals surface area (Å²) in [5, 5.41) is 0. The highest BCUT2D eigenvalue weighted by molar-refractivity contribution is 5.73. The van der Waals surface area contributed by atoms with Crippen LogP contribution in [0.15, 0.2) is 0 Å². The molecule has 6 fully saturated rings. The van der Waals surface area contributed by atoms with E-state index in [9.17, 15) is 4.79 Å². The number of fused-ring (bicyclic) bond motifs is 5. The zero-order chi connectivity index (χ0) is 11.4. The Kier molecular flexibility index (Phi) is 1.41. The topological polar surface area (TPSA) is 35.5 Å². The fourth-order valence-electron chi connectivity index (χ4n) is 6.45. The van der Waals surface area contributed by atoms with Gasteiger partial charge in [0, 0.05) is 6.42 Å². The van der Waals surface area contributed by atoms with Gasteiger partial charge >= 0.3 is 5.97 Å². The van der Waals surface area contributed by atoms with E-state index in [0.29, 0.717) is 17.9 Å². The zero-order valence-corrected chi connectivity index (χ0v) is 10.1. The summed E-state index contributed by atoms with van der Waals surface area (Å²) in [5.41, 5.74) is 0.214. The maximum Gasteiger partial charge on any atom is 0.308 e. The third-order valence-electron chi connectivity index (χ3n) is 6.67. The first-order chi connectivity index (χ1) is 8.23. The molecular formula is C14H18O3. The summed E-state index contributed by atoms with van der Waals surface area (Å²) in [6.45, 7) is 0. The van der Waals surface area contributed by atoms with E-state index in [4.69, 9.17) is 9.47 Å². The lowest BCUT2D eigenvalue weighted by Gasteiger charge is -2.54. The van der Waals surface area contributed by atoms with Crippen LogP contribution in [0.4, 0.5) is 0 Å². The normalized spacial score (nSPS) is 64.6. The van der Waals surface area contributed by atoms with Gasteiger partial charge in [-0.15, -0.1) is 0 Å². The molecule has 0 amide bonds. The van der Waals surface area contributed by atoms with E-state index < -0.39 is 0 Å². The SMILES string of the molecule is COC(=O)C1CC2CC1C1C2C2CC13CC2O3. The minimum atomic E-state index is 0.0333. The van der Waals surface area contributed by atoms with Crippen molar-refractivity contribution >= 4 is 5.97 Å². The lowest BCUT2D eigenvalue weighted by molar-refractivity contribution is -0.238. The molecule has 0 aromatic rings. The van der Waals surface area contributed by atoms with E-state index in [1.165, 1.54) is 26.4 Å². The molecule has 0 aromatic carbocycles. The fourth-order valence-corrected chi connectivity index (χ4v) is 6.45. The molecule has 1 spiro atoms. The van der Waals surface area contributed by atoms with E-state index in [2.05, 4.69) is 0 Å². The van der Waals surface area contributed by atoms with Gasteiger partial charge in [-0.1, -0.05) is 0 Å². The summed E-state index contributed by atoms with van der Waals surface area (Å²) in [6.07, 6.45) is 5.54. The summed E-state index contributed by atoms with van der Waals surface area (Å²) >= 11 is 0. The Hall–Kier alpha value is -0.570. The molecular weight excluding hydrogens is 216 g/mol. The number of ether oxygens (including phenoxy) is 2. The van der Waals surface area contributed by atoms with E-state index in [0.717, 1.165) is 24.2 Å². The average Bonchev–Trinajstić information content (AvgIpc) is 3.03. The third-order valence-corrected chi connectivity index (χ3v) is 6.67. The largest absolute Gasteiger partial charge is 0.469 e. The van der Waals surface area contributed by atoms with Crippen molar-refractivity contribution in [1.29, 1.82) is 0 Å². The molecule has 2 aliphatic heterocycles. The maximum atomic E-state index is 11.9. The Labute approximate surface area is 101 Å². The summed E-state index contributed by atoms with van der Waals surface area (Å²) in [5.74, 6) is 4.02. The van der Waals surface area contributed by atoms with Crippen LogP contribution in [0.1, 0.15) is 25.7 Å². The monoisotopic (exact) mass is 234 g/mol. The molecule has 5 bridgehead atoms. The van der Waals surface area contributed by atoms with Gasteiger partial charge in [-0.2, -0.15) is 0 Å². The van der Waals surface area contributed by atoms with Crippen LogP contribution in [0.2, 0.25) is 0 Å². The van der Waals surface area contributed by atoms with Crippen LogP contribution < -0.4 is 0 Å². The molecule has 4 saturated carbocycles. The number of carbonyl (C=O) groups excluding carboxylic acids is 1. The predicted molar refractivity (Wildman–Crippen MR) is 59.0 cm³/mol. The minimum absolute atomic E-state index is 0.0333. The first-order valence-corrected chi connectivity index (χ1v) is 6.99. The van der Waals surface area contributed by atoms with Crippen molar-refractivity contribution in [3.05, 3.63) is 0 Å². The Balaban J connectivity index is 1.53. The van der Waals surface area contributed by atoms with Crippen molar-refractivity contribution in [2.24, 2.45) is 35.5 Å². The van der Waals surface area contributed by atoms with Gasteiger partial charge in [0.25, 0.3) is 0 Å². The first kappa shape index (κ1) is 9.37. The molecule has 0 aromatic heterocycles. The van der Waals surface area contributed by atoms with Crippen molar-refractivity contribution in [2.45, 2.75) is 37.4 Å². The minimum Gasteiger partial charge on any atom is -0.469 e. The van der Waals surface area contributed by atoms with E-state index in [1.54, 1.807) is 0 Å². The van der Waals surface area contributed by atoms with Gasteiger partial charge in [0.05, 0.1) is 24.7 Å². The maximum absolute atomic E-state index is 11.9. The molecule has 2 saturated heterocycles. The zero-order valence-electron chi connectivity index (χ0n) is 10.1. The van der Waals surface area contributed by atoms with E-state index in [1.807, 2.05) is 0 Å². The Morgan fingerprint density at radius 3 is 2.88 bits per heavy atom. The van der Waals surface area contributed by atoms with Gasteiger partial charge < -0.3 is 9.47 Å². The van der Waals surface area contributed by atoms with Gasteiger partial charge in [-0.05, 0) is 48.9 Å². The Bertz CT molecular complexity index is 412. The van der Waals surface area contributed by atoms with Crippen LogP contribution in [-0.2, 0) is 14.3 Å². The first-order valence-electron chi connectivity index (χ1n) is 6.99. The molecule has 8 unspecified atom stereocenters. The fraction of sp³-hybridized carbons (Fsp3) is 0.929. The van der Waals surface area contributed by atoms with Gasteiger partial charge in [0.15, 0.2) is 0 Å². The van der Waals surface area contributed by atoms with Crippen molar-refractivity contribution in [2.75, 3.05) is 7.11 Å². The Morgan fingerprint density at radius 2 is 2.12 bits per heavy atom. The lowest BCUT2D eigenvalue weighted by atomic mass is 9.63. The summed E-state index contributed by atoms with van der Waals surface area (Å²) in [7, 11) is 1.53. The Morgan fingerprint density at radius 1 is 1.29 bits per heavy atom. The van der Waals surface area contributed by atoms with Gasteiger partial charge in [0.2, 0.25) is 0 Å². The summed E-state index contributed by atoms with van der Waals surface area (Å²) in [6, 6.07) is 0. The van der Waals surface area contributed by atoms with Crippen molar-refractivity contribution in [1.82, 2.24) is 0 Å². The molecule has 6 aliphatic rings. The van der Waals surface area contributed by atoms with E-state index in [-0.39, 0.29) is 17.5 Å². The number of methoxy groups -OCH3 is 1. The van der Waals surface area contributed by atoms with Gasteiger partial charge in [-0.3, -0.25) is 4.79 Å². The smallest absolute Gasteiger partial charge is 0.308 e. The molecule has 8 atom stereocenters. The molecule has 0 N–H and O–H groups in total. The standard InChI is InChI=1S/C14H18O3/c1-16-13(15)8-3-6-2-7(8)12-11(6)9-4-14(12)5-10(9)17-14/h6-12H,2-5H2,1H3. The quantitative estimate of drug-likeness (QED) is 0.647. The number of rotatable bonds is 1. The number of hydrogen-bond acceptors (Lipinski definition) is 3. The second kappa shape index (κ2) is 2.56. The average molecular weight is 234 g/mol. The van der Waals surface area contributed by atoms with Crippen molar-refractivity contribution in [3.8, 4) is 0 Å². The molecule has 3 nitrogen and oxygen atoms in total.